The molecule has 0 aliphatic carbocycles. The molecule has 0 fully saturated rings. The van der Waals surface area contributed by atoms with Gasteiger partial charge in [-0.1, -0.05) is 24.3 Å². The first-order valence-corrected chi connectivity index (χ1v) is 11.4. The number of para-hydroxylation sites is 1. The molecule has 0 radical (unpaired) electrons. The highest BCUT2D eigenvalue weighted by Crippen LogP contribution is 2.40. The maximum absolute atomic E-state index is 12.4. The van der Waals surface area contributed by atoms with Gasteiger partial charge in [-0.05, 0) is 57.0 Å². The first-order valence-electron chi connectivity index (χ1n) is 11.4. The number of benzene rings is 2. The van der Waals surface area contributed by atoms with E-state index in [0.717, 1.165) is 11.1 Å². The van der Waals surface area contributed by atoms with E-state index in [2.05, 4.69) is 10.6 Å². The van der Waals surface area contributed by atoms with Crippen molar-refractivity contribution in [3.63, 3.8) is 0 Å². The van der Waals surface area contributed by atoms with Crippen molar-refractivity contribution in [3.05, 3.63) is 59.7 Å². The first-order chi connectivity index (χ1) is 16.7. The van der Waals surface area contributed by atoms with Crippen LogP contribution in [0.4, 0.5) is 4.79 Å². The standard InChI is InChI=1S/C26H29N3O6/c1-26(2,3)35-25(31)29-24(27)23-18(17-6-4-5-7-19(17)34-23)12-13-28-22(30)11-9-16-8-10-20-21(14-16)33-15-32-20/h4-11,14,18,23H,12-13,15H2,1-3H3,(H,28,30)(H2,27,29,31)/b11-9+. The Morgan fingerprint density at radius 3 is 2.69 bits per heavy atom. The van der Waals surface area contributed by atoms with Crippen LogP contribution in [-0.4, -0.2) is 42.9 Å². The third kappa shape index (κ3) is 6.11. The van der Waals surface area contributed by atoms with E-state index in [-0.39, 0.29) is 24.5 Å². The zero-order valence-corrected chi connectivity index (χ0v) is 19.9. The lowest BCUT2D eigenvalue weighted by molar-refractivity contribution is -0.116. The summed E-state index contributed by atoms with van der Waals surface area (Å²) in [5, 5.41) is 13.8. The molecule has 0 bridgehead atoms. The Bertz CT molecular complexity index is 1150. The van der Waals surface area contributed by atoms with E-state index in [1.807, 2.05) is 36.4 Å². The van der Waals surface area contributed by atoms with E-state index in [1.165, 1.54) is 6.08 Å². The van der Waals surface area contributed by atoms with Gasteiger partial charge in [0.25, 0.3) is 0 Å². The van der Waals surface area contributed by atoms with E-state index in [4.69, 9.17) is 24.4 Å². The summed E-state index contributed by atoms with van der Waals surface area (Å²) in [6.45, 7) is 5.82. The molecular formula is C26H29N3O6. The van der Waals surface area contributed by atoms with Gasteiger partial charge in [0, 0.05) is 24.1 Å². The molecule has 2 aliphatic rings. The number of nitrogens with one attached hydrogen (secondary N) is 3. The summed E-state index contributed by atoms with van der Waals surface area (Å²) >= 11 is 0. The van der Waals surface area contributed by atoms with Crippen LogP contribution in [0.1, 0.15) is 44.2 Å². The third-order valence-corrected chi connectivity index (χ3v) is 5.44. The van der Waals surface area contributed by atoms with Gasteiger partial charge >= 0.3 is 6.09 Å². The molecule has 3 N–H and O–H groups in total. The summed E-state index contributed by atoms with van der Waals surface area (Å²) in [6.07, 6.45) is 2.28. The quantitative estimate of drug-likeness (QED) is 0.328. The fraction of sp³-hybridized carbons (Fsp3) is 0.346. The van der Waals surface area contributed by atoms with Crippen LogP contribution >= 0.6 is 0 Å². The van der Waals surface area contributed by atoms with Crippen LogP contribution in [0.5, 0.6) is 17.2 Å². The molecule has 2 unspecified atom stereocenters. The Labute approximate surface area is 203 Å². The van der Waals surface area contributed by atoms with Gasteiger partial charge in [0.1, 0.15) is 17.2 Å². The minimum Gasteiger partial charge on any atom is -0.482 e. The largest absolute Gasteiger partial charge is 0.482 e. The van der Waals surface area contributed by atoms with Crippen molar-refractivity contribution in [1.82, 2.24) is 10.6 Å². The minimum atomic E-state index is -0.706. The average Bonchev–Trinajstić information content (AvgIpc) is 3.41. The maximum Gasteiger partial charge on any atom is 0.413 e. The SMILES string of the molecule is CC(C)(C)OC(=O)NC(=N)C1Oc2ccccc2C1CCNC(=O)/C=C/c1ccc2c(c1)OCO2. The predicted molar refractivity (Wildman–Crippen MR) is 130 cm³/mol. The van der Waals surface area contributed by atoms with Gasteiger partial charge in [-0.2, -0.15) is 0 Å². The summed E-state index contributed by atoms with van der Waals surface area (Å²) in [5.41, 5.74) is 1.07. The van der Waals surface area contributed by atoms with Gasteiger partial charge in [-0.3, -0.25) is 15.5 Å². The highest BCUT2D eigenvalue weighted by molar-refractivity contribution is 5.97. The summed E-state index contributed by atoms with van der Waals surface area (Å²) in [4.78, 5) is 24.5. The van der Waals surface area contributed by atoms with Gasteiger partial charge in [0.05, 0.1) is 0 Å². The van der Waals surface area contributed by atoms with E-state index < -0.39 is 17.8 Å². The summed E-state index contributed by atoms with van der Waals surface area (Å²) < 4.78 is 21.9. The monoisotopic (exact) mass is 479 g/mol. The number of carbonyl (C=O) groups excluding carboxylic acids is 2. The third-order valence-electron chi connectivity index (χ3n) is 5.44. The van der Waals surface area contributed by atoms with Crippen molar-refractivity contribution in [2.24, 2.45) is 0 Å². The lowest BCUT2D eigenvalue weighted by Gasteiger charge is -2.23. The smallest absolute Gasteiger partial charge is 0.413 e. The summed E-state index contributed by atoms with van der Waals surface area (Å²) in [7, 11) is 0. The van der Waals surface area contributed by atoms with E-state index in [9.17, 15) is 9.59 Å². The highest BCUT2D eigenvalue weighted by atomic mass is 16.7. The molecule has 2 aromatic rings. The minimum absolute atomic E-state index is 0.0884. The molecule has 2 aromatic carbocycles. The molecule has 0 saturated carbocycles. The van der Waals surface area contributed by atoms with Crippen molar-refractivity contribution in [1.29, 1.82) is 5.41 Å². The van der Waals surface area contributed by atoms with Gasteiger partial charge in [-0.15, -0.1) is 0 Å². The van der Waals surface area contributed by atoms with Crippen molar-refractivity contribution in [2.75, 3.05) is 13.3 Å². The van der Waals surface area contributed by atoms with E-state index in [0.29, 0.717) is 30.2 Å². The second kappa shape index (κ2) is 10.1. The van der Waals surface area contributed by atoms with Crippen LogP contribution in [0.2, 0.25) is 0 Å². The van der Waals surface area contributed by atoms with E-state index in [1.54, 1.807) is 32.9 Å². The van der Waals surface area contributed by atoms with E-state index >= 15 is 0 Å². The Morgan fingerprint density at radius 1 is 1.11 bits per heavy atom. The van der Waals surface area contributed by atoms with Crippen LogP contribution < -0.4 is 24.8 Å². The number of ether oxygens (including phenoxy) is 4. The van der Waals surface area contributed by atoms with Crippen molar-refractivity contribution < 1.29 is 28.5 Å². The zero-order chi connectivity index (χ0) is 25.0. The number of amidine groups is 1. The number of carbonyl (C=O) groups is 2. The number of hydrogen-bond donors (Lipinski definition) is 3. The lowest BCUT2D eigenvalue weighted by Crippen LogP contribution is -2.44. The second-order valence-corrected chi connectivity index (χ2v) is 9.25. The molecule has 184 valence electrons. The molecule has 35 heavy (non-hydrogen) atoms. The number of fused-ring (bicyclic) bond motifs is 2. The number of alkyl carbamates (subject to hydrolysis) is 1. The van der Waals surface area contributed by atoms with Crippen molar-refractivity contribution in [3.8, 4) is 17.2 Å². The fourth-order valence-electron chi connectivity index (χ4n) is 3.93. The average molecular weight is 480 g/mol. The van der Waals surface area contributed by atoms with Gasteiger partial charge < -0.3 is 24.3 Å². The molecule has 9 nitrogen and oxygen atoms in total. The Morgan fingerprint density at radius 2 is 1.89 bits per heavy atom. The predicted octanol–water partition coefficient (Wildman–Crippen LogP) is 3.98. The van der Waals surface area contributed by atoms with Gasteiger partial charge in [0.2, 0.25) is 12.7 Å². The van der Waals surface area contributed by atoms with Crippen LogP contribution in [0.3, 0.4) is 0 Å². The van der Waals surface area contributed by atoms with Crippen molar-refractivity contribution in [2.45, 2.75) is 44.8 Å². The Balaban J connectivity index is 1.34. The molecule has 4 rings (SSSR count). The summed E-state index contributed by atoms with van der Waals surface area (Å²) in [6, 6.07) is 13.0. The van der Waals surface area contributed by atoms with Gasteiger partial charge in [-0.25, -0.2) is 4.79 Å². The topological polar surface area (TPSA) is 119 Å². The number of hydrogen-bond acceptors (Lipinski definition) is 7. The molecule has 2 heterocycles. The number of amides is 2. The molecule has 2 atom stereocenters. The number of rotatable bonds is 6. The fourth-order valence-corrected chi connectivity index (χ4v) is 3.93. The molecule has 2 amide bonds. The van der Waals surface area contributed by atoms with Gasteiger partial charge in [0.15, 0.2) is 17.6 Å². The van der Waals surface area contributed by atoms with Crippen LogP contribution in [0.15, 0.2) is 48.5 Å². The van der Waals surface area contributed by atoms with Crippen molar-refractivity contribution >= 4 is 23.9 Å². The molecule has 9 heteroatoms. The molecule has 2 aliphatic heterocycles. The summed E-state index contributed by atoms with van der Waals surface area (Å²) in [5.74, 6) is 1.45. The Hall–Kier alpha value is -4.01. The molecule has 0 saturated heterocycles. The highest BCUT2D eigenvalue weighted by Gasteiger charge is 2.37. The molecule has 0 spiro atoms. The lowest BCUT2D eigenvalue weighted by atomic mass is 9.91. The van der Waals surface area contributed by atoms with Crippen LogP contribution in [0.25, 0.3) is 6.08 Å². The molecule has 0 aromatic heterocycles. The normalized spacial score (nSPS) is 18.0. The Kier molecular flexibility index (Phi) is 6.95. The first kappa shape index (κ1) is 24.1. The van der Waals surface area contributed by atoms with Crippen LogP contribution in [0, 0.1) is 5.41 Å². The second-order valence-electron chi connectivity index (χ2n) is 9.25. The molecular weight excluding hydrogens is 450 g/mol. The maximum atomic E-state index is 12.4. The zero-order valence-electron chi connectivity index (χ0n) is 19.9. The van der Waals surface area contributed by atoms with Crippen LogP contribution in [-0.2, 0) is 9.53 Å².